The molecule has 20 heavy (non-hydrogen) atoms. The minimum absolute atomic E-state index is 0.0241. The third-order valence-electron chi connectivity index (χ3n) is 2.41. The second kappa shape index (κ2) is 7.93. The largest absolute Gasteiger partial charge is 0.478 e. The normalized spacial score (nSPS) is 10.4. The molecule has 0 aliphatic rings. The molecule has 0 aliphatic heterocycles. The number of aliphatic hydroxyl groups is 1. The Hall–Kier alpha value is 0.110. The van der Waals surface area contributed by atoms with Crippen LogP contribution in [0.3, 0.4) is 0 Å². The minimum atomic E-state index is -1.12. The lowest BCUT2D eigenvalue weighted by Gasteiger charge is -2.15. The molecule has 0 saturated heterocycles. The van der Waals surface area contributed by atoms with E-state index in [0.29, 0.717) is 23.7 Å². The molecule has 110 valence electrons. The van der Waals surface area contributed by atoms with E-state index in [-0.39, 0.29) is 23.4 Å². The average Bonchev–Trinajstić information content (AvgIpc) is 2.36. The summed E-state index contributed by atoms with van der Waals surface area (Å²) in [4.78, 5) is 23.5. The second-order valence-electron chi connectivity index (χ2n) is 3.74. The van der Waals surface area contributed by atoms with Crippen molar-refractivity contribution in [3.63, 3.8) is 0 Å². The first-order valence-corrected chi connectivity index (χ1v) is 8.64. The minimum Gasteiger partial charge on any atom is -0.478 e. The van der Waals surface area contributed by atoms with Gasteiger partial charge in [0.15, 0.2) is 0 Å². The quantitative estimate of drug-likeness (QED) is 0.230. The Labute approximate surface area is 156 Å². The number of carbonyl (C=O) groups excluding carboxylic acids is 1. The molecular formula is C11H11I3N2O4. The summed E-state index contributed by atoms with van der Waals surface area (Å²) in [5.74, 6) is -1.51. The molecule has 0 atom stereocenters. The molecule has 0 fully saturated rings. The number of nitrogens with one attached hydrogen (secondary N) is 1. The maximum atomic E-state index is 12.1. The van der Waals surface area contributed by atoms with Crippen LogP contribution in [0.25, 0.3) is 0 Å². The van der Waals surface area contributed by atoms with Crippen LogP contribution in [-0.2, 0) is 0 Å². The molecule has 6 nitrogen and oxygen atoms in total. The number of benzene rings is 1. The van der Waals surface area contributed by atoms with Crippen LogP contribution < -0.4 is 11.1 Å². The smallest absolute Gasteiger partial charge is 0.337 e. The SMILES string of the molecule is Nc1c(I)c(C(=O)O)c(I)c(C(=O)NCCCO)c1I. The Bertz CT molecular complexity index is 563. The Morgan fingerprint density at radius 3 is 2.15 bits per heavy atom. The fourth-order valence-electron chi connectivity index (χ4n) is 1.44. The molecule has 0 bridgehead atoms. The summed E-state index contributed by atoms with van der Waals surface area (Å²) in [6, 6.07) is 0. The van der Waals surface area contributed by atoms with Crippen molar-refractivity contribution < 1.29 is 19.8 Å². The number of carboxylic acid groups (broad SMARTS) is 1. The highest BCUT2D eigenvalue weighted by Gasteiger charge is 2.26. The summed E-state index contributed by atoms with van der Waals surface area (Å²) in [6.45, 7) is 0.291. The number of carboxylic acids is 1. The van der Waals surface area contributed by atoms with Crippen LogP contribution >= 0.6 is 67.8 Å². The zero-order valence-corrected chi connectivity index (χ0v) is 16.5. The van der Waals surface area contributed by atoms with Gasteiger partial charge in [0.2, 0.25) is 0 Å². The van der Waals surface area contributed by atoms with Crippen molar-refractivity contribution in [2.24, 2.45) is 0 Å². The van der Waals surface area contributed by atoms with Gasteiger partial charge in [-0.05, 0) is 74.2 Å². The Morgan fingerprint density at radius 1 is 1.10 bits per heavy atom. The molecule has 9 heteroatoms. The Balaban J connectivity index is 3.32. The van der Waals surface area contributed by atoms with E-state index in [4.69, 9.17) is 10.8 Å². The molecule has 5 N–H and O–H groups in total. The molecule has 0 spiro atoms. The van der Waals surface area contributed by atoms with Crippen molar-refractivity contribution in [3.8, 4) is 0 Å². The molecule has 0 unspecified atom stereocenters. The summed E-state index contributed by atoms with van der Waals surface area (Å²) in [7, 11) is 0. The number of aromatic carboxylic acids is 1. The maximum Gasteiger partial charge on any atom is 0.337 e. The number of halogens is 3. The lowest BCUT2D eigenvalue weighted by molar-refractivity contribution is 0.0694. The molecular weight excluding hydrogens is 605 g/mol. The van der Waals surface area contributed by atoms with E-state index < -0.39 is 11.9 Å². The van der Waals surface area contributed by atoms with Crippen molar-refractivity contribution in [1.82, 2.24) is 5.32 Å². The number of rotatable bonds is 5. The average molecular weight is 616 g/mol. The van der Waals surface area contributed by atoms with E-state index in [1.807, 2.05) is 67.8 Å². The van der Waals surface area contributed by atoms with Crippen LogP contribution in [0.5, 0.6) is 0 Å². The molecule has 0 heterocycles. The van der Waals surface area contributed by atoms with E-state index in [9.17, 15) is 14.7 Å². The van der Waals surface area contributed by atoms with Gasteiger partial charge in [-0.25, -0.2) is 4.79 Å². The number of hydrogen-bond donors (Lipinski definition) is 4. The Morgan fingerprint density at radius 2 is 1.65 bits per heavy atom. The first-order valence-electron chi connectivity index (χ1n) is 5.41. The van der Waals surface area contributed by atoms with Gasteiger partial charge >= 0.3 is 5.97 Å². The van der Waals surface area contributed by atoms with Gasteiger partial charge in [0.05, 0.1) is 24.0 Å². The summed E-state index contributed by atoms with van der Waals surface area (Å²) < 4.78 is 1.32. The molecule has 1 rings (SSSR count). The molecule has 0 radical (unpaired) electrons. The third kappa shape index (κ3) is 3.85. The van der Waals surface area contributed by atoms with Gasteiger partial charge in [-0.2, -0.15) is 0 Å². The number of carbonyl (C=O) groups is 2. The van der Waals surface area contributed by atoms with Gasteiger partial charge in [-0.3, -0.25) is 4.79 Å². The predicted molar refractivity (Wildman–Crippen MR) is 100 cm³/mol. The van der Waals surface area contributed by atoms with E-state index >= 15 is 0 Å². The second-order valence-corrected chi connectivity index (χ2v) is 6.98. The number of nitrogen functional groups attached to an aromatic ring is 1. The standard InChI is InChI=1S/C11H11I3N2O4/c12-6-4(10(18)16-2-1-3-17)7(13)9(15)8(14)5(6)11(19)20/h17H,1-3,15H2,(H,16,18)(H,19,20). The highest BCUT2D eigenvalue weighted by molar-refractivity contribution is 14.1. The molecule has 0 aliphatic carbocycles. The molecule has 1 aromatic rings. The van der Waals surface area contributed by atoms with Crippen molar-refractivity contribution in [2.45, 2.75) is 6.42 Å². The van der Waals surface area contributed by atoms with Gasteiger partial charge in [0.1, 0.15) is 0 Å². The summed E-state index contributed by atoms with van der Waals surface area (Å²) >= 11 is 5.64. The first kappa shape index (κ1) is 18.2. The van der Waals surface area contributed by atoms with Crippen LogP contribution in [0, 0.1) is 10.7 Å². The van der Waals surface area contributed by atoms with E-state index in [0.717, 1.165) is 0 Å². The van der Waals surface area contributed by atoms with Crippen LogP contribution in [-0.4, -0.2) is 35.2 Å². The van der Waals surface area contributed by atoms with Gasteiger partial charge < -0.3 is 21.3 Å². The zero-order chi connectivity index (χ0) is 15.4. The summed E-state index contributed by atoms with van der Waals surface area (Å²) in [5.41, 5.74) is 6.47. The third-order valence-corrected chi connectivity index (χ3v) is 5.73. The van der Waals surface area contributed by atoms with Crippen molar-refractivity contribution in [1.29, 1.82) is 0 Å². The number of anilines is 1. The first-order chi connectivity index (χ1) is 9.32. The van der Waals surface area contributed by atoms with Crippen LogP contribution in [0.1, 0.15) is 27.1 Å². The molecule has 0 saturated carbocycles. The monoisotopic (exact) mass is 616 g/mol. The van der Waals surface area contributed by atoms with E-state index in [2.05, 4.69) is 5.32 Å². The predicted octanol–water partition coefficient (Wildman–Crippen LogP) is 1.89. The number of hydrogen-bond acceptors (Lipinski definition) is 4. The zero-order valence-electron chi connectivity index (χ0n) is 10.0. The van der Waals surface area contributed by atoms with Crippen LogP contribution in [0.15, 0.2) is 0 Å². The van der Waals surface area contributed by atoms with Gasteiger partial charge in [0, 0.05) is 16.7 Å². The fraction of sp³-hybridized carbons (Fsp3) is 0.273. The number of aliphatic hydroxyl groups excluding tert-OH is 1. The topological polar surface area (TPSA) is 113 Å². The Kier molecular flexibility index (Phi) is 7.20. The van der Waals surface area contributed by atoms with Gasteiger partial charge in [-0.15, -0.1) is 0 Å². The van der Waals surface area contributed by atoms with E-state index in [1.165, 1.54) is 0 Å². The van der Waals surface area contributed by atoms with Gasteiger partial charge in [0.25, 0.3) is 5.91 Å². The van der Waals surface area contributed by atoms with Crippen molar-refractivity contribution in [2.75, 3.05) is 18.9 Å². The van der Waals surface area contributed by atoms with Crippen LogP contribution in [0.2, 0.25) is 0 Å². The summed E-state index contributed by atoms with van der Waals surface area (Å²) in [5, 5.41) is 20.6. The number of nitrogens with two attached hydrogens (primary N) is 1. The lowest BCUT2D eigenvalue weighted by Crippen LogP contribution is -2.28. The van der Waals surface area contributed by atoms with E-state index in [1.54, 1.807) is 0 Å². The lowest BCUT2D eigenvalue weighted by atomic mass is 10.1. The van der Waals surface area contributed by atoms with Crippen molar-refractivity contribution in [3.05, 3.63) is 21.8 Å². The molecule has 1 aromatic carbocycles. The molecule has 1 amide bonds. The maximum absolute atomic E-state index is 12.1. The highest BCUT2D eigenvalue weighted by Crippen LogP contribution is 2.33. The highest BCUT2D eigenvalue weighted by atomic mass is 127. The van der Waals surface area contributed by atoms with Crippen molar-refractivity contribution >= 4 is 85.3 Å². The number of amides is 1. The summed E-state index contributed by atoms with van der Waals surface area (Å²) in [6.07, 6.45) is 0.435. The fourth-order valence-corrected chi connectivity index (χ4v) is 5.56. The van der Waals surface area contributed by atoms with Gasteiger partial charge in [-0.1, -0.05) is 0 Å². The molecule has 0 aromatic heterocycles. The van der Waals surface area contributed by atoms with Crippen LogP contribution in [0.4, 0.5) is 5.69 Å².